The Hall–Kier alpha value is -2.80. The molecule has 0 aromatic carbocycles. The Morgan fingerprint density at radius 3 is 2.70 bits per heavy atom. The van der Waals surface area contributed by atoms with Crippen LogP contribution in [0.3, 0.4) is 0 Å². The van der Waals surface area contributed by atoms with Crippen molar-refractivity contribution in [2.45, 2.75) is 25.1 Å². The quantitative estimate of drug-likeness (QED) is 0.698. The Morgan fingerprint density at radius 2 is 2.00 bits per heavy atom. The molecule has 9 nitrogen and oxygen atoms in total. The van der Waals surface area contributed by atoms with Crippen molar-refractivity contribution in [1.82, 2.24) is 24.6 Å². The third-order valence-corrected chi connectivity index (χ3v) is 5.07. The highest BCUT2D eigenvalue weighted by molar-refractivity contribution is 7.88. The first kappa shape index (κ1) is 21.9. The Morgan fingerprint density at radius 1 is 1.27 bits per heavy atom. The van der Waals surface area contributed by atoms with Crippen LogP contribution in [-0.2, 0) is 21.0 Å². The van der Waals surface area contributed by atoms with Gasteiger partial charge >= 0.3 is 6.18 Å². The summed E-state index contributed by atoms with van der Waals surface area (Å²) < 4.78 is 63.2. The van der Waals surface area contributed by atoms with Gasteiger partial charge in [-0.2, -0.15) is 13.2 Å². The van der Waals surface area contributed by atoms with Gasteiger partial charge in [-0.15, -0.1) is 0 Å². The first-order valence-electron chi connectivity index (χ1n) is 8.90. The fraction of sp³-hybridized carbons (Fsp3) is 0.412. The lowest BCUT2D eigenvalue weighted by Crippen LogP contribution is -2.39. The maximum atomic E-state index is 12.9. The van der Waals surface area contributed by atoms with Gasteiger partial charge in [-0.05, 0) is 31.0 Å². The minimum absolute atomic E-state index is 0.0351. The third kappa shape index (κ3) is 5.63. The molecule has 162 valence electrons. The number of alkyl halides is 3. The molecule has 2 N–H and O–H groups in total. The van der Waals surface area contributed by atoms with E-state index in [1.54, 1.807) is 6.07 Å². The summed E-state index contributed by atoms with van der Waals surface area (Å²) in [6.07, 6.45) is 0.230. The number of anilines is 2. The minimum atomic E-state index is -4.51. The number of carbonyl (C=O) groups excluding carboxylic acids is 1. The molecule has 2 aromatic rings. The Balaban J connectivity index is 1.75. The second-order valence-corrected chi connectivity index (χ2v) is 8.53. The highest BCUT2D eigenvalue weighted by Gasteiger charge is 2.32. The molecular weight excluding hydrogens is 425 g/mol. The smallest absolute Gasteiger partial charge is 0.333 e. The second kappa shape index (κ2) is 8.52. The maximum Gasteiger partial charge on any atom is 0.416 e. The summed E-state index contributed by atoms with van der Waals surface area (Å²) >= 11 is 0. The number of sulfonamides is 1. The summed E-state index contributed by atoms with van der Waals surface area (Å²) in [5.41, 5.74) is -0.369. The normalized spacial score (nSPS) is 17.2. The van der Waals surface area contributed by atoms with Crippen molar-refractivity contribution in [2.75, 3.05) is 24.7 Å². The van der Waals surface area contributed by atoms with Gasteiger partial charge in [-0.25, -0.2) is 28.1 Å². The lowest BCUT2D eigenvalue weighted by Gasteiger charge is -2.24. The number of carbonyl (C=O) groups is 1. The van der Waals surface area contributed by atoms with Gasteiger partial charge in [-0.1, -0.05) is 0 Å². The Bertz CT molecular complexity index is 1030. The molecule has 2 aromatic heterocycles. The van der Waals surface area contributed by atoms with Crippen molar-refractivity contribution in [3.05, 3.63) is 41.9 Å². The Labute approximate surface area is 170 Å². The molecule has 30 heavy (non-hydrogen) atoms. The number of pyridine rings is 1. The average molecular weight is 444 g/mol. The number of hydrogen-bond acceptors (Lipinski definition) is 7. The van der Waals surface area contributed by atoms with Crippen LogP contribution in [0, 0.1) is 0 Å². The van der Waals surface area contributed by atoms with E-state index in [0.717, 1.165) is 24.6 Å². The van der Waals surface area contributed by atoms with E-state index in [1.165, 1.54) is 11.1 Å². The topological polar surface area (TPSA) is 117 Å². The molecule has 0 aliphatic carbocycles. The van der Waals surface area contributed by atoms with Gasteiger partial charge in [0.1, 0.15) is 5.82 Å². The van der Waals surface area contributed by atoms with Crippen molar-refractivity contribution in [1.29, 1.82) is 0 Å². The lowest BCUT2D eigenvalue weighted by molar-refractivity contribution is -0.137. The monoisotopic (exact) mass is 444 g/mol. The predicted molar refractivity (Wildman–Crippen MR) is 101 cm³/mol. The van der Waals surface area contributed by atoms with Gasteiger partial charge in [0, 0.05) is 18.9 Å². The van der Waals surface area contributed by atoms with E-state index in [-0.39, 0.29) is 18.3 Å². The highest BCUT2D eigenvalue weighted by atomic mass is 32.2. The molecular formula is C17H19F3N6O3S. The first-order chi connectivity index (χ1) is 14.0. The van der Waals surface area contributed by atoms with Gasteiger partial charge < -0.3 is 10.2 Å². The largest absolute Gasteiger partial charge is 0.416 e. The van der Waals surface area contributed by atoms with Crippen LogP contribution >= 0.6 is 0 Å². The number of halogens is 3. The standard InChI is InChI=1S/C17H19F3N6O3S/c1-30(28,29)23-10-15(27)26-8-2-3-13(26)12-5-7-22-16(24-12)25-14-9-11(4-6-21-14)17(18,19)20/h4-7,9,13,23H,2-3,8,10H2,1H3,(H,21,22,24,25)/t13-/m0/s1. The predicted octanol–water partition coefficient (Wildman–Crippen LogP) is 1.85. The summed E-state index contributed by atoms with van der Waals surface area (Å²) in [5, 5.41) is 2.64. The van der Waals surface area contributed by atoms with Gasteiger partial charge in [0.25, 0.3) is 0 Å². The molecule has 3 rings (SSSR count). The fourth-order valence-electron chi connectivity index (χ4n) is 3.08. The zero-order valence-electron chi connectivity index (χ0n) is 15.8. The molecule has 3 heterocycles. The van der Waals surface area contributed by atoms with Crippen molar-refractivity contribution in [3.63, 3.8) is 0 Å². The highest BCUT2D eigenvalue weighted by Crippen LogP contribution is 2.32. The summed E-state index contributed by atoms with van der Waals surface area (Å²) in [7, 11) is -3.51. The van der Waals surface area contributed by atoms with Crippen LogP contribution in [0.1, 0.15) is 30.1 Å². The van der Waals surface area contributed by atoms with E-state index in [1.807, 2.05) is 0 Å². The number of nitrogens with one attached hydrogen (secondary N) is 2. The van der Waals surface area contributed by atoms with Crippen LogP contribution in [0.4, 0.5) is 24.9 Å². The molecule has 0 unspecified atom stereocenters. The van der Waals surface area contributed by atoms with Crippen LogP contribution in [0.25, 0.3) is 0 Å². The van der Waals surface area contributed by atoms with Crippen LogP contribution < -0.4 is 10.0 Å². The van der Waals surface area contributed by atoms with Gasteiger partial charge in [0.05, 0.1) is 30.1 Å². The zero-order chi connectivity index (χ0) is 21.9. The van der Waals surface area contributed by atoms with Crippen LogP contribution in [0.15, 0.2) is 30.6 Å². The number of aromatic nitrogens is 3. The summed E-state index contributed by atoms with van der Waals surface area (Å²) in [6, 6.07) is 2.91. The number of likely N-dealkylation sites (tertiary alicyclic amines) is 1. The number of nitrogens with zero attached hydrogens (tertiary/aromatic N) is 4. The molecule has 1 atom stereocenters. The van der Waals surface area contributed by atoms with E-state index in [9.17, 15) is 26.4 Å². The van der Waals surface area contributed by atoms with Crippen molar-refractivity contribution >= 4 is 27.7 Å². The van der Waals surface area contributed by atoms with Crippen LogP contribution in [0.5, 0.6) is 0 Å². The molecule has 0 radical (unpaired) electrons. The molecule has 0 saturated carbocycles. The molecule has 1 saturated heterocycles. The molecule has 1 aliphatic rings. The molecule has 1 amide bonds. The van der Waals surface area contributed by atoms with Crippen LogP contribution in [0.2, 0.25) is 0 Å². The van der Waals surface area contributed by atoms with Gasteiger partial charge in [0.2, 0.25) is 21.9 Å². The molecule has 0 bridgehead atoms. The fourth-order valence-corrected chi connectivity index (χ4v) is 3.46. The zero-order valence-corrected chi connectivity index (χ0v) is 16.7. The second-order valence-electron chi connectivity index (χ2n) is 6.70. The van der Waals surface area contributed by atoms with Crippen molar-refractivity contribution < 1.29 is 26.4 Å². The number of rotatable bonds is 6. The maximum absolute atomic E-state index is 12.9. The molecule has 0 spiro atoms. The SMILES string of the molecule is CS(=O)(=O)NCC(=O)N1CCC[C@H]1c1ccnc(Nc2cc(C(F)(F)F)ccn2)n1. The van der Waals surface area contributed by atoms with E-state index in [2.05, 4.69) is 25.0 Å². The van der Waals surface area contributed by atoms with E-state index < -0.39 is 33.7 Å². The summed E-state index contributed by atoms with van der Waals surface area (Å²) in [6.45, 7) is 0.0799. The molecule has 1 aliphatic heterocycles. The molecule has 1 fully saturated rings. The average Bonchev–Trinajstić information content (AvgIpc) is 3.15. The van der Waals surface area contributed by atoms with Crippen molar-refractivity contribution in [3.8, 4) is 0 Å². The Kier molecular flexibility index (Phi) is 6.22. The number of amides is 1. The minimum Gasteiger partial charge on any atom is -0.333 e. The van der Waals surface area contributed by atoms with Crippen LogP contribution in [-0.4, -0.2) is 53.5 Å². The first-order valence-corrected chi connectivity index (χ1v) is 10.8. The number of hydrogen-bond donors (Lipinski definition) is 2. The van der Waals surface area contributed by atoms with Crippen molar-refractivity contribution in [2.24, 2.45) is 0 Å². The molecule has 13 heteroatoms. The van der Waals surface area contributed by atoms with E-state index in [4.69, 9.17) is 0 Å². The lowest BCUT2D eigenvalue weighted by atomic mass is 10.1. The van der Waals surface area contributed by atoms with E-state index >= 15 is 0 Å². The summed E-state index contributed by atoms with van der Waals surface area (Å²) in [5.74, 6) is -0.429. The summed E-state index contributed by atoms with van der Waals surface area (Å²) in [4.78, 5) is 26.1. The van der Waals surface area contributed by atoms with E-state index in [0.29, 0.717) is 25.1 Å². The van der Waals surface area contributed by atoms with Gasteiger partial charge in [0.15, 0.2) is 0 Å². The third-order valence-electron chi connectivity index (χ3n) is 4.40. The van der Waals surface area contributed by atoms with Gasteiger partial charge in [-0.3, -0.25) is 4.79 Å².